The zero-order valence-electron chi connectivity index (χ0n) is 7.98. The van der Waals surface area contributed by atoms with Crippen molar-refractivity contribution in [3.63, 3.8) is 0 Å². The number of carbonyl (C=O) groups excluding carboxylic acids is 1. The van der Waals surface area contributed by atoms with Crippen molar-refractivity contribution < 1.29 is 4.79 Å². The number of halogens is 1. The highest BCUT2D eigenvalue weighted by molar-refractivity contribution is 6.63. The minimum atomic E-state index is -0.239. The number of carbonyl (C=O) groups is 1. The smallest absolute Gasteiger partial charge is 0.222 e. The van der Waals surface area contributed by atoms with Crippen LogP contribution in [0.4, 0.5) is 0 Å². The topological polar surface area (TPSA) is 20.3 Å². The van der Waals surface area contributed by atoms with Crippen molar-refractivity contribution in [2.24, 2.45) is 0 Å². The van der Waals surface area contributed by atoms with Gasteiger partial charge in [-0.1, -0.05) is 19.8 Å². The fraction of sp³-hybridized carbons (Fsp3) is 0.889. The summed E-state index contributed by atoms with van der Waals surface area (Å²) in [6.45, 7) is 4.03. The number of nitrogens with zero attached hydrogens (tertiary/aromatic N) is 1. The molecule has 0 unspecified atom stereocenters. The molecule has 72 valence electrons. The molecule has 0 rings (SSSR count). The van der Waals surface area contributed by atoms with Crippen LogP contribution in [0, 0.1) is 0 Å². The van der Waals surface area contributed by atoms with E-state index in [1.807, 2.05) is 7.05 Å². The normalized spacial score (nSPS) is 10.7. The Labute approximate surface area is 79.9 Å². The molecule has 0 aromatic rings. The van der Waals surface area contributed by atoms with Crippen LogP contribution in [0.5, 0.6) is 0 Å². The van der Waals surface area contributed by atoms with Gasteiger partial charge in [-0.05, 0) is 31.6 Å². The van der Waals surface area contributed by atoms with Crippen molar-refractivity contribution >= 4 is 16.8 Å². The zero-order valence-corrected chi connectivity index (χ0v) is 8.73. The van der Waals surface area contributed by atoms with Crippen molar-refractivity contribution in [2.75, 3.05) is 20.1 Å². The van der Waals surface area contributed by atoms with Crippen LogP contribution in [0.25, 0.3) is 0 Å². The third-order valence-corrected chi connectivity index (χ3v) is 2.02. The van der Waals surface area contributed by atoms with E-state index in [9.17, 15) is 4.79 Å². The van der Waals surface area contributed by atoms with Crippen LogP contribution < -0.4 is 0 Å². The number of hydrogen-bond donors (Lipinski definition) is 0. The van der Waals surface area contributed by atoms with E-state index < -0.39 is 0 Å². The van der Waals surface area contributed by atoms with Crippen LogP contribution in [-0.2, 0) is 4.79 Å². The van der Waals surface area contributed by atoms with E-state index in [1.165, 1.54) is 19.3 Å². The van der Waals surface area contributed by atoms with Crippen LogP contribution in [0.3, 0.4) is 0 Å². The van der Waals surface area contributed by atoms with Crippen LogP contribution in [0.1, 0.15) is 32.6 Å². The first kappa shape index (κ1) is 11.9. The SMILES string of the molecule is CCCCCN(C)CCC(=O)Cl. The summed E-state index contributed by atoms with van der Waals surface area (Å²) in [6, 6.07) is 0. The van der Waals surface area contributed by atoms with E-state index in [0.29, 0.717) is 6.42 Å². The van der Waals surface area contributed by atoms with Crippen molar-refractivity contribution in [1.29, 1.82) is 0 Å². The summed E-state index contributed by atoms with van der Waals surface area (Å²) in [6.07, 6.45) is 4.18. The first-order valence-corrected chi connectivity index (χ1v) is 4.91. The summed E-state index contributed by atoms with van der Waals surface area (Å²) < 4.78 is 0. The molecule has 2 nitrogen and oxygen atoms in total. The molecule has 0 radical (unpaired) electrons. The Balaban J connectivity index is 3.21. The molecular formula is C9H18ClNO. The summed E-state index contributed by atoms with van der Waals surface area (Å²) >= 11 is 5.22. The maximum Gasteiger partial charge on any atom is 0.222 e. The molecule has 0 aliphatic heterocycles. The Kier molecular flexibility index (Phi) is 7.51. The molecule has 0 bridgehead atoms. The van der Waals surface area contributed by atoms with E-state index in [-0.39, 0.29) is 5.24 Å². The predicted octanol–water partition coefficient (Wildman–Crippen LogP) is 2.26. The Hall–Kier alpha value is -0.0800. The Morgan fingerprint density at radius 1 is 1.33 bits per heavy atom. The largest absolute Gasteiger partial charge is 0.306 e. The highest BCUT2D eigenvalue weighted by atomic mass is 35.5. The lowest BCUT2D eigenvalue weighted by Crippen LogP contribution is -2.21. The van der Waals surface area contributed by atoms with Gasteiger partial charge in [-0.2, -0.15) is 0 Å². The summed E-state index contributed by atoms with van der Waals surface area (Å²) in [5.74, 6) is 0. The molecule has 0 N–H and O–H groups in total. The molecule has 12 heavy (non-hydrogen) atoms. The quantitative estimate of drug-likeness (QED) is 0.455. The van der Waals surface area contributed by atoms with Gasteiger partial charge in [-0.25, -0.2) is 0 Å². The van der Waals surface area contributed by atoms with Gasteiger partial charge in [0.2, 0.25) is 5.24 Å². The second-order valence-corrected chi connectivity index (χ2v) is 3.54. The lowest BCUT2D eigenvalue weighted by molar-refractivity contribution is -0.111. The van der Waals surface area contributed by atoms with Crippen LogP contribution in [0.2, 0.25) is 0 Å². The molecule has 0 saturated carbocycles. The second-order valence-electron chi connectivity index (χ2n) is 3.12. The molecule has 0 atom stereocenters. The number of hydrogen-bond acceptors (Lipinski definition) is 2. The lowest BCUT2D eigenvalue weighted by atomic mass is 10.2. The molecular weight excluding hydrogens is 174 g/mol. The third-order valence-electron chi connectivity index (χ3n) is 1.83. The summed E-state index contributed by atoms with van der Waals surface area (Å²) in [5.41, 5.74) is 0. The van der Waals surface area contributed by atoms with Gasteiger partial charge >= 0.3 is 0 Å². The Morgan fingerprint density at radius 2 is 2.00 bits per heavy atom. The average Bonchev–Trinajstić information content (AvgIpc) is 2.01. The Morgan fingerprint density at radius 3 is 2.50 bits per heavy atom. The maximum atomic E-state index is 10.4. The minimum Gasteiger partial charge on any atom is -0.306 e. The van der Waals surface area contributed by atoms with Gasteiger partial charge in [0.1, 0.15) is 0 Å². The van der Waals surface area contributed by atoms with E-state index in [4.69, 9.17) is 11.6 Å². The van der Waals surface area contributed by atoms with E-state index in [1.54, 1.807) is 0 Å². The van der Waals surface area contributed by atoms with Crippen molar-refractivity contribution in [3.8, 4) is 0 Å². The monoisotopic (exact) mass is 191 g/mol. The van der Waals surface area contributed by atoms with Crippen LogP contribution in [0.15, 0.2) is 0 Å². The third kappa shape index (κ3) is 8.02. The average molecular weight is 192 g/mol. The second kappa shape index (κ2) is 7.56. The van der Waals surface area contributed by atoms with Crippen LogP contribution in [-0.4, -0.2) is 30.3 Å². The van der Waals surface area contributed by atoms with Crippen molar-refractivity contribution in [2.45, 2.75) is 32.6 Å². The molecule has 0 spiro atoms. The predicted molar refractivity (Wildman–Crippen MR) is 52.5 cm³/mol. The van der Waals surface area contributed by atoms with Gasteiger partial charge in [-0.15, -0.1) is 0 Å². The first-order valence-electron chi connectivity index (χ1n) is 4.53. The van der Waals surface area contributed by atoms with E-state index in [0.717, 1.165) is 13.1 Å². The fourth-order valence-electron chi connectivity index (χ4n) is 1.02. The molecule has 0 saturated heterocycles. The summed E-state index contributed by atoms with van der Waals surface area (Å²) in [7, 11) is 2.02. The van der Waals surface area contributed by atoms with E-state index >= 15 is 0 Å². The van der Waals surface area contributed by atoms with Crippen LogP contribution >= 0.6 is 11.6 Å². The van der Waals surface area contributed by atoms with Gasteiger partial charge < -0.3 is 4.90 Å². The van der Waals surface area contributed by atoms with Gasteiger partial charge in [0.25, 0.3) is 0 Å². The highest BCUT2D eigenvalue weighted by Gasteiger charge is 2.00. The zero-order chi connectivity index (χ0) is 9.40. The summed E-state index contributed by atoms with van der Waals surface area (Å²) in [4.78, 5) is 12.6. The highest BCUT2D eigenvalue weighted by Crippen LogP contribution is 1.98. The minimum absolute atomic E-state index is 0.239. The van der Waals surface area contributed by atoms with Gasteiger partial charge in [0, 0.05) is 13.0 Å². The lowest BCUT2D eigenvalue weighted by Gasteiger charge is -2.14. The van der Waals surface area contributed by atoms with Gasteiger partial charge in [0.05, 0.1) is 0 Å². The number of rotatable bonds is 7. The van der Waals surface area contributed by atoms with Gasteiger partial charge in [-0.3, -0.25) is 4.79 Å². The van der Waals surface area contributed by atoms with Crippen molar-refractivity contribution in [3.05, 3.63) is 0 Å². The summed E-state index contributed by atoms with van der Waals surface area (Å²) in [5, 5.41) is -0.239. The molecule has 3 heteroatoms. The molecule has 0 heterocycles. The molecule has 0 aromatic carbocycles. The van der Waals surface area contributed by atoms with E-state index in [2.05, 4.69) is 11.8 Å². The van der Waals surface area contributed by atoms with Gasteiger partial charge in [0.15, 0.2) is 0 Å². The molecule has 0 aliphatic carbocycles. The standard InChI is InChI=1S/C9H18ClNO/c1-3-4-5-7-11(2)8-6-9(10)12/h3-8H2,1-2H3. The molecule has 0 amide bonds. The molecule has 0 aromatic heterocycles. The molecule has 0 fully saturated rings. The molecule has 0 aliphatic rings. The maximum absolute atomic E-state index is 10.4. The number of unbranched alkanes of at least 4 members (excludes halogenated alkanes) is 2. The van der Waals surface area contributed by atoms with Crippen molar-refractivity contribution in [1.82, 2.24) is 4.90 Å². The first-order chi connectivity index (χ1) is 5.66. The Bertz CT molecular complexity index is 128. The fourth-order valence-corrected chi connectivity index (χ4v) is 1.11.